The molecule has 0 fully saturated rings. The summed E-state index contributed by atoms with van der Waals surface area (Å²) in [6.07, 6.45) is 5.52. The quantitative estimate of drug-likeness (QED) is 0.775. The molecule has 2 amide bonds. The van der Waals surface area contributed by atoms with Crippen molar-refractivity contribution in [3.8, 4) is 17.2 Å². The summed E-state index contributed by atoms with van der Waals surface area (Å²) in [5.41, 5.74) is 1.30. The highest BCUT2D eigenvalue weighted by molar-refractivity contribution is 6.09. The van der Waals surface area contributed by atoms with Crippen molar-refractivity contribution in [2.75, 3.05) is 27.9 Å². The molecule has 1 heterocycles. The van der Waals surface area contributed by atoms with Crippen molar-refractivity contribution in [2.45, 2.75) is 13.3 Å². The summed E-state index contributed by atoms with van der Waals surface area (Å²) in [4.78, 5) is 25.5. The second-order valence-electron chi connectivity index (χ2n) is 5.26. The highest BCUT2D eigenvalue weighted by Crippen LogP contribution is 2.38. The first-order valence-electron chi connectivity index (χ1n) is 7.52. The lowest BCUT2D eigenvalue weighted by atomic mass is 10.1. The summed E-state index contributed by atoms with van der Waals surface area (Å²) >= 11 is 0. The van der Waals surface area contributed by atoms with E-state index in [2.05, 4.69) is 0 Å². The number of methoxy groups -OCH3 is 3. The Bertz CT molecular complexity index is 680. The molecule has 0 unspecified atom stereocenters. The van der Waals surface area contributed by atoms with Crippen LogP contribution in [0.3, 0.4) is 0 Å². The van der Waals surface area contributed by atoms with Crippen LogP contribution in [0.4, 0.5) is 0 Å². The number of amides is 2. The van der Waals surface area contributed by atoms with E-state index in [0.717, 1.165) is 0 Å². The Balaban J connectivity index is 2.24. The van der Waals surface area contributed by atoms with Gasteiger partial charge in [-0.15, -0.1) is 0 Å². The Morgan fingerprint density at radius 1 is 1.12 bits per heavy atom. The normalized spacial score (nSPS) is 14.6. The summed E-state index contributed by atoms with van der Waals surface area (Å²) in [5, 5.41) is 0. The Morgan fingerprint density at radius 3 is 2.29 bits per heavy atom. The smallest absolute Gasteiger partial charge is 0.256 e. The molecule has 0 aromatic heterocycles. The van der Waals surface area contributed by atoms with Crippen molar-refractivity contribution in [3.63, 3.8) is 0 Å². The molecule has 0 saturated carbocycles. The average Bonchev–Trinajstić information content (AvgIpc) is 2.60. The Hall–Kier alpha value is -2.76. The van der Waals surface area contributed by atoms with Crippen LogP contribution in [-0.2, 0) is 9.59 Å². The van der Waals surface area contributed by atoms with Crippen LogP contribution in [0.2, 0.25) is 0 Å². The van der Waals surface area contributed by atoms with Crippen LogP contribution in [-0.4, -0.2) is 44.6 Å². The van der Waals surface area contributed by atoms with Crippen LogP contribution in [0.1, 0.15) is 18.9 Å². The SMILES string of the molecule is COc1cc(C=CC(=O)N2CCC=C(C)C2=O)cc(OC)c1OC. The van der Waals surface area contributed by atoms with Gasteiger partial charge in [-0.05, 0) is 37.1 Å². The fourth-order valence-electron chi connectivity index (χ4n) is 2.48. The minimum absolute atomic E-state index is 0.249. The van der Waals surface area contributed by atoms with Gasteiger partial charge < -0.3 is 14.2 Å². The van der Waals surface area contributed by atoms with Gasteiger partial charge in [0.25, 0.3) is 11.8 Å². The van der Waals surface area contributed by atoms with Gasteiger partial charge >= 0.3 is 0 Å². The Labute approximate surface area is 141 Å². The molecule has 0 radical (unpaired) electrons. The Morgan fingerprint density at radius 2 is 1.75 bits per heavy atom. The molecule has 0 aliphatic carbocycles. The molecule has 6 nitrogen and oxygen atoms in total. The molecule has 0 spiro atoms. The molecule has 6 heteroatoms. The highest BCUT2D eigenvalue weighted by Gasteiger charge is 2.23. The highest BCUT2D eigenvalue weighted by atomic mass is 16.5. The molecule has 0 N–H and O–H groups in total. The number of ether oxygens (including phenoxy) is 3. The number of imide groups is 1. The van der Waals surface area contributed by atoms with Crippen LogP contribution >= 0.6 is 0 Å². The molecule has 1 aliphatic heterocycles. The predicted octanol–water partition coefficient (Wildman–Crippen LogP) is 2.43. The fourth-order valence-corrected chi connectivity index (χ4v) is 2.48. The lowest BCUT2D eigenvalue weighted by Gasteiger charge is -2.22. The van der Waals surface area contributed by atoms with Gasteiger partial charge in [-0.25, -0.2) is 0 Å². The molecule has 0 bridgehead atoms. The molecule has 2 rings (SSSR count). The molecule has 1 aliphatic rings. The number of nitrogens with zero attached hydrogens (tertiary/aromatic N) is 1. The zero-order chi connectivity index (χ0) is 17.7. The lowest BCUT2D eigenvalue weighted by molar-refractivity contribution is -0.139. The number of hydrogen-bond donors (Lipinski definition) is 0. The van der Waals surface area contributed by atoms with Crippen molar-refractivity contribution in [2.24, 2.45) is 0 Å². The molecule has 0 atom stereocenters. The standard InChI is InChI=1S/C18H21NO5/c1-12-6-5-9-19(18(12)21)16(20)8-7-13-10-14(22-2)17(24-4)15(11-13)23-3/h6-8,10-11H,5,9H2,1-4H3. The third-order valence-electron chi connectivity index (χ3n) is 3.76. The monoisotopic (exact) mass is 331 g/mol. The van der Waals surface area contributed by atoms with Gasteiger partial charge in [-0.2, -0.15) is 0 Å². The molecule has 0 saturated heterocycles. The molecule has 24 heavy (non-hydrogen) atoms. The van der Waals surface area contributed by atoms with E-state index in [1.807, 2.05) is 6.08 Å². The third kappa shape index (κ3) is 3.59. The zero-order valence-corrected chi connectivity index (χ0v) is 14.3. The zero-order valence-electron chi connectivity index (χ0n) is 14.3. The number of rotatable bonds is 5. The maximum absolute atomic E-state index is 12.3. The van der Waals surface area contributed by atoms with E-state index >= 15 is 0 Å². The fraction of sp³-hybridized carbons (Fsp3) is 0.333. The van der Waals surface area contributed by atoms with Gasteiger partial charge in [0.15, 0.2) is 11.5 Å². The van der Waals surface area contributed by atoms with Crippen LogP contribution in [0.5, 0.6) is 17.2 Å². The van der Waals surface area contributed by atoms with E-state index in [4.69, 9.17) is 14.2 Å². The minimum atomic E-state index is -0.346. The van der Waals surface area contributed by atoms with E-state index in [1.54, 1.807) is 25.1 Å². The van der Waals surface area contributed by atoms with Gasteiger partial charge in [0, 0.05) is 18.2 Å². The Kier molecular flexibility index (Phi) is 5.63. The van der Waals surface area contributed by atoms with Crippen molar-refractivity contribution in [1.82, 2.24) is 4.90 Å². The van der Waals surface area contributed by atoms with Crippen molar-refractivity contribution in [1.29, 1.82) is 0 Å². The molecular weight excluding hydrogens is 310 g/mol. The van der Waals surface area contributed by atoms with Crippen LogP contribution in [0.25, 0.3) is 6.08 Å². The summed E-state index contributed by atoms with van der Waals surface area (Å²) in [5.74, 6) is 0.881. The maximum Gasteiger partial charge on any atom is 0.256 e. The first-order chi connectivity index (χ1) is 11.5. The van der Waals surface area contributed by atoms with Gasteiger partial charge in [-0.1, -0.05) is 6.08 Å². The van der Waals surface area contributed by atoms with Crippen molar-refractivity contribution in [3.05, 3.63) is 35.4 Å². The first-order valence-corrected chi connectivity index (χ1v) is 7.52. The van der Waals surface area contributed by atoms with E-state index in [1.165, 1.54) is 32.3 Å². The summed E-state index contributed by atoms with van der Waals surface area (Å²) < 4.78 is 15.8. The van der Waals surface area contributed by atoms with E-state index in [-0.39, 0.29) is 11.8 Å². The number of carbonyl (C=O) groups excluding carboxylic acids is 2. The second kappa shape index (κ2) is 7.68. The molecule has 1 aromatic rings. The van der Waals surface area contributed by atoms with Crippen LogP contribution in [0, 0.1) is 0 Å². The average molecular weight is 331 g/mol. The van der Waals surface area contributed by atoms with Crippen LogP contribution < -0.4 is 14.2 Å². The van der Waals surface area contributed by atoms with Crippen molar-refractivity contribution < 1.29 is 23.8 Å². The number of hydrogen-bond acceptors (Lipinski definition) is 5. The second-order valence-corrected chi connectivity index (χ2v) is 5.26. The van der Waals surface area contributed by atoms with Gasteiger partial charge in [-0.3, -0.25) is 14.5 Å². The summed E-state index contributed by atoms with van der Waals surface area (Å²) in [6.45, 7) is 2.11. The molecule has 1 aromatic carbocycles. The van der Waals surface area contributed by atoms with E-state index in [0.29, 0.717) is 41.4 Å². The lowest BCUT2D eigenvalue weighted by Crippen LogP contribution is -2.39. The largest absolute Gasteiger partial charge is 0.493 e. The maximum atomic E-state index is 12.3. The predicted molar refractivity (Wildman–Crippen MR) is 90.2 cm³/mol. The number of benzene rings is 1. The van der Waals surface area contributed by atoms with Crippen molar-refractivity contribution >= 4 is 17.9 Å². The molecular formula is C18H21NO5. The van der Waals surface area contributed by atoms with Gasteiger partial charge in [0.2, 0.25) is 5.75 Å². The number of carbonyl (C=O) groups is 2. The molecule has 128 valence electrons. The minimum Gasteiger partial charge on any atom is -0.493 e. The van der Waals surface area contributed by atoms with Crippen LogP contribution in [0.15, 0.2) is 29.9 Å². The van der Waals surface area contributed by atoms with E-state index < -0.39 is 0 Å². The van der Waals surface area contributed by atoms with Gasteiger partial charge in [0.1, 0.15) is 0 Å². The summed E-state index contributed by atoms with van der Waals surface area (Å²) in [6, 6.07) is 3.46. The topological polar surface area (TPSA) is 65.1 Å². The third-order valence-corrected chi connectivity index (χ3v) is 3.76. The summed E-state index contributed by atoms with van der Waals surface area (Å²) in [7, 11) is 4.58. The van der Waals surface area contributed by atoms with E-state index in [9.17, 15) is 9.59 Å². The first kappa shape index (κ1) is 17.6. The van der Waals surface area contributed by atoms with Gasteiger partial charge in [0.05, 0.1) is 21.3 Å².